The van der Waals surface area contributed by atoms with Gasteiger partial charge in [-0.3, -0.25) is 18.4 Å². The number of anilines is 3. The van der Waals surface area contributed by atoms with E-state index in [4.69, 9.17) is 9.72 Å². The van der Waals surface area contributed by atoms with E-state index in [2.05, 4.69) is 39.6 Å². The van der Waals surface area contributed by atoms with Crippen LogP contribution in [0.4, 0.5) is 17.3 Å². The molecule has 0 bridgehead atoms. The molecule has 1 unspecified atom stereocenters. The summed E-state index contributed by atoms with van der Waals surface area (Å²) in [6.45, 7) is 9.98. The van der Waals surface area contributed by atoms with E-state index in [1.807, 2.05) is 17.5 Å². The fraction of sp³-hybridized carbons (Fsp3) is 0.400. The summed E-state index contributed by atoms with van der Waals surface area (Å²) < 4.78 is 19.6. The van der Waals surface area contributed by atoms with Crippen LogP contribution in [0.15, 0.2) is 51.6 Å². The van der Waals surface area contributed by atoms with Crippen LogP contribution < -0.4 is 21.1 Å². The zero-order valence-electron chi connectivity index (χ0n) is 24.3. The molecule has 0 aliphatic carbocycles. The number of nitrogens with zero attached hydrogens (tertiary/aromatic N) is 4. The van der Waals surface area contributed by atoms with Crippen molar-refractivity contribution in [2.45, 2.75) is 32.2 Å². The van der Waals surface area contributed by atoms with E-state index in [0.717, 1.165) is 42.3 Å². The molecule has 1 fully saturated rings. The summed E-state index contributed by atoms with van der Waals surface area (Å²) >= 11 is 1.42. The molecule has 0 amide bonds. The molecule has 4 heterocycles. The molecule has 1 aliphatic heterocycles. The molecule has 1 aromatic carbocycles. The first-order chi connectivity index (χ1) is 20.3. The summed E-state index contributed by atoms with van der Waals surface area (Å²) in [7, 11) is 0.286. The molecule has 2 N–H and O–H groups in total. The minimum Gasteiger partial charge on any atom is -0.384 e. The van der Waals surface area contributed by atoms with Gasteiger partial charge in [-0.25, -0.2) is 4.98 Å². The van der Waals surface area contributed by atoms with Crippen molar-refractivity contribution < 1.29 is 13.7 Å². The van der Waals surface area contributed by atoms with E-state index in [1.165, 1.54) is 21.6 Å². The van der Waals surface area contributed by atoms with E-state index < -0.39 is 16.4 Å². The van der Waals surface area contributed by atoms with Crippen LogP contribution in [0.3, 0.4) is 0 Å². The standard InChI is InChI=1S/C30H36N6O4S2/c1-19(2)27(37)23-16-21-17-32-30(33-22-5-6-24(20(3)15-22)35-10-8-31-9-11-35)34-28(21)36(29(23)38)18-25-26(7-13-41-25)42(39)14-12-40-4/h5-7,13,15-17,19,31H,8-12,14,18H2,1-4H3,(H,32,33,34). The number of hydrogen-bond acceptors (Lipinski definition) is 10. The summed E-state index contributed by atoms with van der Waals surface area (Å²) in [6, 6.07) is 9.57. The van der Waals surface area contributed by atoms with Crippen LogP contribution in [0.1, 0.15) is 34.6 Å². The molecule has 4 aromatic rings. The molecule has 0 radical (unpaired) electrons. The molecule has 1 atom stereocenters. The number of Topliss-reactive ketones (excluding diaryl/α,β-unsaturated/α-hetero) is 1. The Morgan fingerprint density at radius 1 is 1.21 bits per heavy atom. The van der Waals surface area contributed by atoms with Crippen LogP contribution in [0.2, 0.25) is 0 Å². The van der Waals surface area contributed by atoms with Gasteiger partial charge in [0.15, 0.2) is 5.78 Å². The number of piperazine rings is 1. The van der Waals surface area contributed by atoms with Crippen molar-refractivity contribution >= 4 is 56.3 Å². The highest BCUT2D eigenvalue weighted by molar-refractivity contribution is 7.85. The summed E-state index contributed by atoms with van der Waals surface area (Å²) in [6.07, 6.45) is 1.63. The Morgan fingerprint density at radius 3 is 2.71 bits per heavy atom. The lowest BCUT2D eigenvalue weighted by Gasteiger charge is -2.30. The van der Waals surface area contributed by atoms with Crippen molar-refractivity contribution in [1.82, 2.24) is 19.9 Å². The van der Waals surface area contributed by atoms with Gasteiger partial charge in [-0.2, -0.15) is 4.98 Å². The lowest BCUT2D eigenvalue weighted by atomic mass is 10.0. The van der Waals surface area contributed by atoms with Crippen molar-refractivity contribution in [1.29, 1.82) is 0 Å². The van der Waals surface area contributed by atoms with Crippen molar-refractivity contribution in [3.05, 3.63) is 68.3 Å². The maximum Gasteiger partial charge on any atom is 0.263 e. The molecule has 1 aliphatic rings. The number of rotatable bonds is 11. The number of aromatic nitrogens is 3. The number of methoxy groups -OCH3 is 1. The van der Waals surface area contributed by atoms with Crippen molar-refractivity contribution in [3.8, 4) is 0 Å². The van der Waals surface area contributed by atoms with Gasteiger partial charge in [0.1, 0.15) is 5.65 Å². The molecular weight excluding hydrogens is 573 g/mol. The lowest BCUT2D eigenvalue weighted by Crippen LogP contribution is -2.43. The second kappa shape index (κ2) is 13.2. The van der Waals surface area contributed by atoms with Gasteiger partial charge in [0.25, 0.3) is 5.56 Å². The summed E-state index contributed by atoms with van der Waals surface area (Å²) in [5.74, 6) is 0.0953. The molecule has 1 saturated heterocycles. The Balaban J connectivity index is 1.52. The quantitative estimate of drug-likeness (QED) is 0.244. The van der Waals surface area contributed by atoms with Crippen LogP contribution in [0.5, 0.6) is 0 Å². The third-order valence-corrected chi connectivity index (χ3v) is 9.70. The molecular formula is C30H36N6O4S2. The number of pyridine rings is 1. The average Bonchev–Trinajstić information content (AvgIpc) is 3.46. The highest BCUT2D eigenvalue weighted by Crippen LogP contribution is 2.27. The van der Waals surface area contributed by atoms with Crippen molar-refractivity contribution in [3.63, 3.8) is 0 Å². The Morgan fingerprint density at radius 2 is 2.00 bits per heavy atom. The topological polar surface area (TPSA) is 118 Å². The fourth-order valence-corrected chi connectivity index (χ4v) is 7.38. The first kappa shape index (κ1) is 30.0. The number of ether oxygens (including phenoxy) is 1. The summed E-state index contributed by atoms with van der Waals surface area (Å²) in [5, 5.41) is 9.11. The zero-order valence-corrected chi connectivity index (χ0v) is 25.9. The predicted octanol–water partition coefficient (Wildman–Crippen LogP) is 3.96. The van der Waals surface area contributed by atoms with Gasteiger partial charge in [0, 0.05) is 67.0 Å². The molecule has 0 spiro atoms. The average molecular weight is 609 g/mol. The molecule has 3 aromatic heterocycles. The smallest absolute Gasteiger partial charge is 0.263 e. The monoisotopic (exact) mass is 608 g/mol. The van der Waals surface area contributed by atoms with E-state index >= 15 is 0 Å². The first-order valence-electron chi connectivity index (χ1n) is 14.0. The van der Waals surface area contributed by atoms with E-state index in [9.17, 15) is 13.8 Å². The normalized spacial score (nSPS) is 14.5. The lowest BCUT2D eigenvalue weighted by molar-refractivity contribution is 0.0937. The van der Waals surface area contributed by atoms with E-state index in [0.29, 0.717) is 34.2 Å². The van der Waals surface area contributed by atoms with Crippen molar-refractivity contribution in [2.75, 3.05) is 55.9 Å². The maximum atomic E-state index is 13.8. The van der Waals surface area contributed by atoms with E-state index in [-0.39, 0.29) is 23.8 Å². The zero-order chi connectivity index (χ0) is 29.8. The molecule has 5 rings (SSSR count). The Hall–Kier alpha value is -3.45. The molecule has 12 heteroatoms. The number of carbonyl (C=O) groups excluding carboxylic acids is 1. The van der Waals surface area contributed by atoms with Gasteiger partial charge >= 0.3 is 0 Å². The van der Waals surface area contributed by atoms with Crippen LogP contribution in [-0.4, -0.2) is 70.2 Å². The number of carbonyl (C=O) groups is 1. The number of ketones is 1. The summed E-state index contributed by atoms with van der Waals surface area (Å²) in [4.78, 5) is 39.8. The van der Waals surface area contributed by atoms with Crippen LogP contribution in [0.25, 0.3) is 11.0 Å². The van der Waals surface area contributed by atoms with Gasteiger partial charge in [-0.1, -0.05) is 13.8 Å². The second-order valence-corrected chi connectivity index (χ2v) is 13.1. The van der Waals surface area contributed by atoms with Gasteiger partial charge in [-0.15, -0.1) is 11.3 Å². The summed E-state index contributed by atoms with van der Waals surface area (Å²) in [5.41, 5.74) is 3.24. The van der Waals surface area contributed by atoms with Crippen LogP contribution in [-0.2, 0) is 22.1 Å². The number of fused-ring (bicyclic) bond motifs is 1. The van der Waals surface area contributed by atoms with Gasteiger partial charge in [-0.05, 0) is 48.2 Å². The first-order valence-corrected chi connectivity index (χ1v) is 16.2. The minimum atomic E-state index is -1.29. The minimum absolute atomic E-state index is 0.0968. The number of aryl methyl sites for hydroxylation is 1. The third-order valence-electron chi connectivity index (χ3n) is 7.25. The Kier molecular flexibility index (Phi) is 9.47. The van der Waals surface area contributed by atoms with Gasteiger partial charge < -0.3 is 20.3 Å². The third kappa shape index (κ3) is 6.46. The van der Waals surface area contributed by atoms with Gasteiger partial charge in [0.2, 0.25) is 5.95 Å². The van der Waals surface area contributed by atoms with Crippen LogP contribution in [0, 0.1) is 12.8 Å². The number of thiophene rings is 1. The Labute approximate surface area is 251 Å². The second-order valence-electron chi connectivity index (χ2n) is 10.6. The number of benzene rings is 1. The molecule has 222 valence electrons. The highest BCUT2D eigenvalue weighted by atomic mass is 32.2. The van der Waals surface area contributed by atoms with E-state index in [1.54, 1.807) is 33.2 Å². The van der Waals surface area contributed by atoms with Crippen LogP contribution >= 0.6 is 11.3 Å². The maximum absolute atomic E-state index is 13.8. The van der Waals surface area contributed by atoms with Gasteiger partial charge in [0.05, 0.1) is 40.2 Å². The number of nitrogens with one attached hydrogen (secondary N) is 2. The SMILES string of the molecule is COCCS(=O)c1ccsc1Cn1c(=O)c(C(=O)C(C)C)cc2cnc(Nc3ccc(N4CCNCC4)c(C)c3)nc21. The fourth-order valence-electron chi connectivity index (χ4n) is 5.04. The predicted molar refractivity (Wildman–Crippen MR) is 169 cm³/mol. The Bertz CT molecular complexity index is 1680. The van der Waals surface area contributed by atoms with Crippen molar-refractivity contribution in [2.24, 2.45) is 5.92 Å². The number of hydrogen-bond donors (Lipinski definition) is 2. The highest BCUT2D eigenvalue weighted by Gasteiger charge is 2.22. The molecule has 0 saturated carbocycles. The molecule has 10 nitrogen and oxygen atoms in total. The molecule has 42 heavy (non-hydrogen) atoms. The largest absolute Gasteiger partial charge is 0.384 e.